The largest absolute Gasteiger partial charge is 0.387 e. The smallest absolute Gasteiger partial charge is 0.262 e. The molecule has 0 spiro atoms. The number of aliphatic hydroxyl groups is 1. The highest BCUT2D eigenvalue weighted by Gasteiger charge is 2.47. The Bertz CT molecular complexity index is 817. The maximum Gasteiger partial charge on any atom is 0.262 e. The number of halogens is 3. The first-order chi connectivity index (χ1) is 11.8. The number of alkyl halides is 1. The zero-order valence-electron chi connectivity index (χ0n) is 13.5. The van der Waals surface area contributed by atoms with Crippen LogP contribution in [0, 0.1) is 0 Å². The van der Waals surface area contributed by atoms with Crippen LogP contribution in [0.5, 0.6) is 0 Å². The molecule has 0 bridgehead atoms. The lowest BCUT2D eigenvalue weighted by Gasteiger charge is -2.33. The summed E-state index contributed by atoms with van der Waals surface area (Å²) in [5.74, 6) is -0.771. The van der Waals surface area contributed by atoms with Crippen LogP contribution in [-0.2, 0) is 10.5 Å². The second-order valence-corrected chi connectivity index (χ2v) is 7.00. The first-order valence-electron chi connectivity index (χ1n) is 7.91. The Labute approximate surface area is 155 Å². The minimum atomic E-state index is -2.24. The number of nitrogens with zero attached hydrogens (tertiary/aromatic N) is 1. The van der Waals surface area contributed by atoms with E-state index in [0.717, 1.165) is 0 Å². The number of carbonyl (C=O) groups excluding carboxylic acids is 1. The molecule has 132 valence electrons. The lowest BCUT2D eigenvalue weighted by Crippen LogP contribution is -2.45. The van der Waals surface area contributed by atoms with Gasteiger partial charge in [-0.25, -0.2) is 4.39 Å². The molecular formula is C18H17Cl2FN2O2. The fraction of sp³-hybridized carbons (Fsp3) is 0.333. The monoisotopic (exact) mass is 382 g/mol. The van der Waals surface area contributed by atoms with Crippen molar-refractivity contribution in [3.63, 3.8) is 0 Å². The number of fused-ring (bicyclic) bond motifs is 1. The molecule has 1 aromatic heterocycles. The lowest BCUT2D eigenvalue weighted by molar-refractivity contribution is -0.136. The fourth-order valence-electron chi connectivity index (χ4n) is 3.10. The molecule has 1 heterocycles. The van der Waals surface area contributed by atoms with Gasteiger partial charge in [-0.3, -0.25) is 9.78 Å². The molecule has 0 radical (unpaired) electrons. The molecule has 7 heteroatoms. The average Bonchev–Trinajstić information content (AvgIpc) is 2.58. The maximum atomic E-state index is 15.6. The van der Waals surface area contributed by atoms with Crippen molar-refractivity contribution >= 4 is 29.1 Å². The van der Waals surface area contributed by atoms with E-state index in [9.17, 15) is 9.90 Å². The molecule has 1 unspecified atom stereocenters. The number of hydrogen-bond acceptors (Lipinski definition) is 3. The average molecular weight is 383 g/mol. The third-order valence-corrected chi connectivity index (χ3v) is 5.04. The molecule has 25 heavy (non-hydrogen) atoms. The van der Waals surface area contributed by atoms with Crippen molar-refractivity contribution < 1.29 is 14.3 Å². The Balaban J connectivity index is 1.87. The standard InChI is InChI=1S/C18H17Cl2FN2O2/c1-10(12-5-4-11(19)9-14(12)20)23-17(25)18(21)7-6-15(24)16-13(18)3-2-8-22-16/h2-5,8-10,15,24H,6-7H2,1H3,(H,23,25)/t10?,15-,18-/m1/s1. The maximum absolute atomic E-state index is 15.6. The van der Waals surface area contributed by atoms with Crippen LogP contribution in [-0.4, -0.2) is 16.0 Å². The molecule has 4 nitrogen and oxygen atoms in total. The number of rotatable bonds is 3. The molecule has 1 aliphatic carbocycles. The van der Waals surface area contributed by atoms with Crippen LogP contribution in [0.1, 0.15) is 48.7 Å². The highest BCUT2D eigenvalue weighted by atomic mass is 35.5. The highest BCUT2D eigenvalue weighted by Crippen LogP contribution is 2.42. The predicted molar refractivity (Wildman–Crippen MR) is 94.2 cm³/mol. The van der Waals surface area contributed by atoms with E-state index < -0.39 is 23.7 Å². The zero-order valence-corrected chi connectivity index (χ0v) is 15.0. The van der Waals surface area contributed by atoms with E-state index in [2.05, 4.69) is 10.3 Å². The first kappa shape index (κ1) is 18.1. The third kappa shape index (κ3) is 3.36. The molecule has 2 aromatic rings. The summed E-state index contributed by atoms with van der Waals surface area (Å²) in [5, 5.41) is 13.6. The minimum absolute atomic E-state index is 0.111. The van der Waals surface area contributed by atoms with Crippen molar-refractivity contribution in [1.29, 1.82) is 0 Å². The lowest BCUT2D eigenvalue weighted by atomic mass is 9.80. The van der Waals surface area contributed by atoms with Crippen molar-refractivity contribution in [3.8, 4) is 0 Å². The predicted octanol–water partition coefficient (Wildman–Crippen LogP) is 4.26. The van der Waals surface area contributed by atoms with Crippen LogP contribution in [0.15, 0.2) is 36.5 Å². The van der Waals surface area contributed by atoms with E-state index in [1.54, 1.807) is 31.2 Å². The molecule has 0 aliphatic heterocycles. The van der Waals surface area contributed by atoms with Crippen molar-refractivity contribution in [2.24, 2.45) is 0 Å². The first-order valence-corrected chi connectivity index (χ1v) is 8.67. The summed E-state index contributed by atoms with van der Waals surface area (Å²) in [6, 6.07) is 7.47. The van der Waals surface area contributed by atoms with Gasteiger partial charge in [0, 0.05) is 21.8 Å². The van der Waals surface area contributed by atoms with Gasteiger partial charge >= 0.3 is 0 Å². The number of benzene rings is 1. The van der Waals surface area contributed by atoms with Gasteiger partial charge < -0.3 is 10.4 Å². The van der Waals surface area contributed by atoms with E-state index in [-0.39, 0.29) is 24.1 Å². The van der Waals surface area contributed by atoms with Crippen LogP contribution in [0.3, 0.4) is 0 Å². The highest BCUT2D eigenvalue weighted by molar-refractivity contribution is 6.35. The Morgan fingerprint density at radius 1 is 1.44 bits per heavy atom. The molecule has 1 amide bonds. The summed E-state index contributed by atoms with van der Waals surface area (Å²) in [6.45, 7) is 1.72. The number of aliphatic hydroxyl groups excluding tert-OH is 1. The topological polar surface area (TPSA) is 62.2 Å². The third-order valence-electron chi connectivity index (χ3n) is 4.48. The van der Waals surface area contributed by atoms with Crippen molar-refractivity contribution in [2.45, 2.75) is 37.6 Å². The van der Waals surface area contributed by atoms with Crippen molar-refractivity contribution in [3.05, 3.63) is 63.4 Å². The quantitative estimate of drug-likeness (QED) is 0.833. The molecule has 0 saturated heterocycles. The fourth-order valence-corrected chi connectivity index (χ4v) is 3.67. The Hall–Kier alpha value is -1.69. The molecule has 3 atom stereocenters. The number of pyridine rings is 1. The zero-order chi connectivity index (χ0) is 18.2. The molecule has 1 aliphatic rings. The number of aromatic nitrogens is 1. The Morgan fingerprint density at radius 2 is 2.20 bits per heavy atom. The van der Waals surface area contributed by atoms with Crippen molar-refractivity contribution in [1.82, 2.24) is 10.3 Å². The van der Waals surface area contributed by atoms with E-state index in [0.29, 0.717) is 15.6 Å². The van der Waals surface area contributed by atoms with E-state index >= 15 is 4.39 Å². The van der Waals surface area contributed by atoms with Gasteiger partial charge in [0.05, 0.1) is 17.8 Å². The molecule has 3 rings (SSSR count). The van der Waals surface area contributed by atoms with Gasteiger partial charge in [0.2, 0.25) is 5.67 Å². The Kier molecular flexibility index (Phi) is 5.00. The second kappa shape index (κ2) is 6.90. The van der Waals surface area contributed by atoms with Gasteiger partial charge in [-0.05, 0) is 43.5 Å². The number of hydrogen-bond donors (Lipinski definition) is 2. The summed E-state index contributed by atoms with van der Waals surface area (Å²) in [4.78, 5) is 16.7. The normalized spacial score (nSPS) is 23.6. The van der Waals surface area contributed by atoms with Gasteiger partial charge in [0.15, 0.2) is 0 Å². The minimum Gasteiger partial charge on any atom is -0.387 e. The van der Waals surface area contributed by atoms with Crippen molar-refractivity contribution in [2.75, 3.05) is 0 Å². The van der Waals surface area contributed by atoms with Crippen LogP contribution >= 0.6 is 23.2 Å². The van der Waals surface area contributed by atoms with Gasteiger partial charge in [-0.1, -0.05) is 35.3 Å². The number of carbonyl (C=O) groups is 1. The van der Waals surface area contributed by atoms with Gasteiger partial charge in [0.25, 0.3) is 5.91 Å². The summed E-state index contributed by atoms with van der Waals surface area (Å²) >= 11 is 12.0. The summed E-state index contributed by atoms with van der Waals surface area (Å²) in [6.07, 6.45) is 0.627. The molecule has 1 aromatic carbocycles. The van der Waals surface area contributed by atoms with E-state index in [1.165, 1.54) is 12.3 Å². The Morgan fingerprint density at radius 3 is 2.92 bits per heavy atom. The van der Waals surface area contributed by atoms with Gasteiger partial charge in [0.1, 0.15) is 0 Å². The molecule has 0 fully saturated rings. The molecule has 0 saturated carbocycles. The van der Waals surface area contributed by atoms with E-state index in [4.69, 9.17) is 23.2 Å². The van der Waals surface area contributed by atoms with Crippen LogP contribution < -0.4 is 5.32 Å². The number of nitrogens with one attached hydrogen (secondary N) is 1. The molecule has 2 N–H and O–H groups in total. The van der Waals surface area contributed by atoms with Gasteiger partial charge in [-0.2, -0.15) is 0 Å². The van der Waals surface area contributed by atoms with Crippen LogP contribution in [0.2, 0.25) is 10.0 Å². The van der Waals surface area contributed by atoms with E-state index in [1.807, 2.05) is 0 Å². The second-order valence-electron chi connectivity index (χ2n) is 6.15. The molecular weight excluding hydrogens is 366 g/mol. The number of amides is 1. The summed E-state index contributed by atoms with van der Waals surface area (Å²) in [5.41, 5.74) is -1.27. The summed E-state index contributed by atoms with van der Waals surface area (Å²) < 4.78 is 15.6. The summed E-state index contributed by atoms with van der Waals surface area (Å²) in [7, 11) is 0. The van der Waals surface area contributed by atoms with Crippen LogP contribution in [0.4, 0.5) is 4.39 Å². The SMILES string of the molecule is CC(NC(=O)[C@@]1(F)CC[C@@H](O)c2ncccc21)c1ccc(Cl)cc1Cl. The van der Waals surface area contributed by atoms with Crippen LogP contribution in [0.25, 0.3) is 0 Å². The van der Waals surface area contributed by atoms with Gasteiger partial charge in [-0.15, -0.1) is 0 Å².